The highest BCUT2D eigenvalue weighted by Gasteiger charge is 2.41. The van der Waals surface area contributed by atoms with Crippen LogP contribution in [0.3, 0.4) is 0 Å². The maximum atomic E-state index is 13.5. The van der Waals surface area contributed by atoms with E-state index < -0.39 is 0 Å². The van der Waals surface area contributed by atoms with Crippen molar-refractivity contribution in [2.24, 2.45) is 11.3 Å². The van der Waals surface area contributed by atoms with Gasteiger partial charge in [-0.1, -0.05) is 19.1 Å². The Bertz CT molecular complexity index is 403. The summed E-state index contributed by atoms with van der Waals surface area (Å²) >= 11 is 3.36. The molecule has 0 bridgehead atoms. The lowest BCUT2D eigenvalue weighted by Crippen LogP contribution is -2.34. The van der Waals surface area contributed by atoms with Crippen LogP contribution < -0.4 is 5.32 Å². The lowest BCUT2D eigenvalue weighted by molar-refractivity contribution is 0.262. The topological polar surface area (TPSA) is 12.0 Å². The van der Waals surface area contributed by atoms with Gasteiger partial charge < -0.3 is 5.32 Å². The number of hydrogen-bond acceptors (Lipinski definition) is 1. The lowest BCUT2D eigenvalue weighted by atomic mass is 9.79. The quantitative estimate of drug-likeness (QED) is 0.873. The highest BCUT2D eigenvalue weighted by Crippen LogP contribution is 2.47. The first kappa shape index (κ1) is 13.0. The maximum absolute atomic E-state index is 13.5. The van der Waals surface area contributed by atoms with Gasteiger partial charge in [0.1, 0.15) is 5.82 Å². The van der Waals surface area contributed by atoms with Gasteiger partial charge in [-0.15, -0.1) is 0 Å². The number of hydrogen-bond donors (Lipinski definition) is 1. The van der Waals surface area contributed by atoms with E-state index in [2.05, 4.69) is 28.2 Å². The molecule has 1 aliphatic rings. The van der Waals surface area contributed by atoms with Gasteiger partial charge in [0.25, 0.3) is 0 Å². The third kappa shape index (κ3) is 2.89. The summed E-state index contributed by atoms with van der Waals surface area (Å²) in [6, 6.07) is 5.31. The smallest absolute Gasteiger partial charge is 0.137 e. The summed E-state index contributed by atoms with van der Waals surface area (Å²) in [5, 5.41) is 3.27. The van der Waals surface area contributed by atoms with Gasteiger partial charge in [0.05, 0.1) is 4.47 Å². The van der Waals surface area contributed by atoms with E-state index >= 15 is 0 Å². The van der Waals surface area contributed by atoms with Crippen molar-refractivity contribution in [1.82, 2.24) is 5.32 Å². The molecule has 1 atom stereocenters. The molecule has 0 saturated heterocycles. The first-order valence-corrected chi connectivity index (χ1v) is 6.93. The van der Waals surface area contributed by atoms with E-state index in [9.17, 15) is 4.39 Å². The lowest BCUT2D eigenvalue weighted by Gasteiger charge is -2.30. The van der Waals surface area contributed by atoms with E-state index in [-0.39, 0.29) is 11.2 Å². The predicted octanol–water partition coefficient (Wildman–Crippen LogP) is 3.77. The van der Waals surface area contributed by atoms with E-state index in [1.165, 1.54) is 18.9 Å². The van der Waals surface area contributed by atoms with Crippen molar-refractivity contribution < 1.29 is 4.39 Å². The molecule has 0 spiro atoms. The second-order valence-corrected chi connectivity index (χ2v) is 6.14. The van der Waals surface area contributed by atoms with Crippen LogP contribution in [0.2, 0.25) is 0 Å². The van der Waals surface area contributed by atoms with Crippen LogP contribution >= 0.6 is 15.9 Å². The maximum Gasteiger partial charge on any atom is 0.137 e. The van der Waals surface area contributed by atoms with Crippen molar-refractivity contribution in [3.8, 4) is 0 Å². The Labute approximate surface area is 111 Å². The molecule has 1 saturated carbocycles. The van der Waals surface area contributed by atoms with E-state index in [0.717, 1.165) is 24.4 Å². The Hall–Kier alpha value is -0.410. The van der Waals surface area contributed by atoms with Gasteiger partial charge in [-0.25, -0.2) is 4.39 Å². The van der Waals surface area contributed by atoms with Crippen LogP contribution in [0.4, 0.5) is 4.39 Å². The van der Waals surface area contributed by atoms with Crippen molar-refractivity contribution in [1.29, 1.82) is 0 Å². The van der Waals surface area contributed by atoms with Crippen molar-refractivity contribution in [3.63, 3.8) is 0 Å². The van der Waals surface area contributed by atoms with Gasteiger partial charge in [0.15, 0.2) is 0 Å². The summed E-state index contributed by atoms with van der Waals surface area (Å²) in [6.45, 7) is 3.29. The SMILES string of the molecule is CNCC(C)(Cc1cccc(F)c1Br)C1CC1. The fourth-order valence-electron chi connectivity index (χ4n) is 2.66. The van der Waals surface area contributed by atoms with E-state index in [0.29, 0.717) is 4.47 Å². The molecule has 3 heteroatoms. The van der Waals surface area contributed by atoms with E-state index in [4.69, 9.17) is 0 Å². The zero-order valence-corrected chi connectivity index (χ0v) is 12.0. The van der Waals surface area contributed by atoms with Crippen LogP contribution in [0.5, 0.6) is 0 Å². The monoisotopic (exact) mass is 299 g/mol. The predicted molar refractivity (Wildman–Crippen MR) is 72.6 cm³/mol. The minimum atomic E-state index is -0.162. The Morgan fingerprint density at radius 2 is 2.18 bits per heavy atom. The molecule has 0 radical (unpaired) electrons. The molecular weight excluding hydrogens is 281 g/mol. The first-order valence-electron chi connectivity index (χ1n) is 6.14. The number of rotatable bonds is 5. The fraction of sp³-hybridized carbons (Fsp3) is 0.571. The molecule has 0 aromatic heterocycles. The summed E-state index contributed by atoms with van der Waals surface area (Å²) < 4.78 is 14.1. The molecule has 1 aromatic carbocycles. The molecular formula is C14H19BrFN. The Morgan fingerprint density at radius 3 is 2.76 bits per heavy atom. The molecule has 0 aliphatic heterocycles. The van der Waals surface area contributed by atoms with Crippen LogP contribution in [0, 0.1) is 17.2 Å². The average Bonchev–Trinajstić information content (AvgIpc) is 3.09. The van der Waals surface area contributed by atoms with Crippen LogP contribution in [0.25, 0.3) is 0 Å². The highest BCUT2D eigenvalue weighted by atomic mass is 79.9. The van der Waals surface area contributed by atoms with Crippen LogP contribution in [0.15, 0.2) is 22.7 Å². The minimum absolute atomic E-state index is 0.162. The third-order valence-corrected chi connectivity index (χ3v) is 4.66. The molecule has 1 aliphatic carbocycles. The first-order chi connectivity index (χ1) is 8.07. The molecule has 1 unspecified atom stereocenters. The molecule has 17 heavy (non-hydrogen) atoms. The standard InChI is InChI=1S/C14H19BrFN/c1-14(9-17-2,11-6-7-11)8-10-4-3-5-12(16)13(10)15/h3-5,11,17H,6-9H2,1-2H3. The molecule has 0 heterocycles. The molecule has 0 amide bonds. The van der Waals surface area contributed by atoms with Gasteiger partial charge >= 0.3 is 0 Å². The van der Waals surface area contributed by atoms with Crippen molar-refractivity contribution in [2.75, 3.05) is 13.6 Å². The second-order valence-electron chi connectivity index (χ2n) is 5.35. The summed E-state index contributed by atoms with van der Waals surface area (Å²) in [4.78, 5) is 0. The molecule has 94 valence electrons. The van der Waals surface area contributed by atoms with Gasteiger partial charge in [-0.05, 0) is 65.2 Å². The number of nitrogens with one attached hydrogen (secondary N) is 1. The summed E-state index contributed by atoms with van der Waals surface area (Å²) in [6.07, 6.45) is 3.55. The van der Waals surface area contributed by atoms with E-state index in [1.807, 2.05) is 13.1 Å². The molecule has 1 N–H and O–H groups in total. The van der Waals surface area contributed by atoms with Crippen molar-refractivity contribution in [3.05, 3.63) is 34.1 Å². The molecule has 1 nitrogen and oxygen atoms in total. The van der Waals surface area contributed by atoms with Gasteiger partial charge in [0, 0.05) is 6.54 Å². The largest absolute Gasteiger partial charge is 0.319 e. The summed E-state index contributed by atoms with van der Waals surface area (Å²) in [5.41, 5.74) is 1.32. The highest BCUT2D eigenvalue weighted by molar-refractivity contribution is 9.10. The van der Waals surface area contributed by atoms with Crippen LogP contribution in [0.1, 0.15) is 25.3 Å². The zero-order chi connectivity index (χ0) is 12.5. The van der Waals surface area contributed by atoms with Crippen molar-refractivity contribution >= 4 is 15.9 Å². The van der Waals surface area contributed by atoms with E-state index in [1.54, 1.807) is 6.07 Å². The summed E-state index contributed by atoms with van der Waals surface area (Å²) in [7, 11) is 1.99. The second kappa shape index (κ2) is 5.07. The third-order valence-electron chi connectivity index (χ3n) is 3.77. The Balaban J connectivity index is 2.20. The number of benzene rings is 1. The van der Waals surface area contributed by atoms with Gasteiger partial charge in [-0.2, -0.15) is 0 Å². The minimum Gasteiger partial charge on any atom is -0.319 e. The van der Waals surface area contributed by atoms with Crippen LogP contribution in [-0.2, 0) is 6.42 Å². The molecule has 2 rings (SSSR count). The normalized spacial score (nSPS) is 19.1. The van der Waals surface area contributed by atoms with Crippen molar-refractivity contribution in [2.45, 2.75) is 26.2 Å². The van der Waals surface area contributed by atoms with Gasteiger partial charge in [0.2, 0.25) is 0 Å². The summed E-state index contributed by atoms with van der Waals surface area (Å²) in [5.74, 6) is 0.621. The number of halogens is 2. The Kier molecular flexibility index (Phi) is 3.88. The Morgan fingerprint density at radius 1 is 1.47 bits per heavy atom. The molecule has 1 aromatic rings. The zero-order valence-electron chi connectivity index (χ0n) is 10.4. The molecule has 1 fully saturated rings. The van der Waals surface area contributed by atoms with Crippen LogP contribution in [-0.4, -0.2) is 13.6 Å². The van der Waals surface area contributed by atoms with Gasteiger partial charge in [-0.3, -0.25) is 0 Å². The average molecular weight is 300 g/mol. The fourth-order valence-corrected chi connectivity index (χ4v) is 3.06.